The van der Waals surface area contributed by atoms with Crippen LogP contribution in [0.1, 0.15) is 17.0 Å². The Morgan fingerprint density at radius 1 is 0.967 bits per heavy atom. The number of benzene rings is 2. The summed E-state index contributed by atoms with van der Waals surface area (Å²) in [7, 11) is 0. The van der Waals surface area contributed by atoms with Gasteiger partial charge in [0.2, 0.25) is 0 Å². The van der Waals surface area contributed by atoms with E-state index < -0.39 is 11.8 Å². The first kappa shape index (κ1) is 21.9. The second-order valence-corrected chi connectivity index (χ2v) is 7.67. The van der Waals surface area contributed by atoms with Crippen LogP contribution >= 0.6 is 34.8 Å². The Morgan fingerprint density at radius 2 is 1.73 bits per heavy atom. The maximum Gasteiger partial charge on any atom is 0.329 e. The van der Waals surface area contributed by atoms with E-state index >= 15 is 0 Å². The minimum atomic E-state index is -0.916. The number of aromatic nitrogens is 1. The summed E-state index contributed by atoms with van der Waals surface area (Å²) < 4.78 is 2.02. The highest BCUT2D eigenvalue weighted by molar-refractivity contribution is 6.43. The van der Waals surface area contributed by atoms with Gasteiger partial charge in [-0.3, -0.25) is 9.59 Å². The quantitative estimate of drug-likeness (QED) is 0.319. The van der Waals surface area contributed by atoms with Crippen molar-refractivity contribution in [2.75, 3.05) is 5.32 Å². The summed E-state index contributed by atoms with van der Waals surface area (Å²) >= 11 is 17.8. The third kappa shape index (κ3) is 5.02. The van der Waals surface area contributed by atoms with Gasteiger partial charge in [-0.1, -0.05) is 40.9 Å². The summed E-state index contributed by atoms with van der Waals surface area (Å²) in [6.07, 6.45) is 1.48. The maximum absolute atomic E-state index is 12.0. The van der Waals surface area contributed by atoms with Crippen LogP contribution in [0.5, 0.6) is 0 Å². The molecule has 6 nitrogen and oxygen atoms in total. The van der Waals surface area contributed by atoms with Gasteiger partial charge < -0.3 is 9.88 Å². The summed E-state index contributed by atoms with van der Waals surface area (Å²) in [4.78, 5) is 24.0. The van der Waals surface area contributed by atoms with E-state index in [9.17, 15) is 9.59 Å². The summed E-state index contributed by atoms with van der Waals surface area (Å²) in [5.74, 6) is -1.80. The number of rotatable bonds is 4. The molecule has 0 aliphatic rings. The van der Waals surface area contributed by atoms with Gasteiger partial charge in [0, 0.05) is 33.3 Å². The molecule has 0 fully saturated rings. The molecule has 2 N–H and O–H groups in total. The number of amides is 2. The lowest BCUT2D eigenvalue weighted by atomic mass is 10.2. The minimum Gasteiger partial charge on any atom is -0.318 e. The zero-order valence-electron chi connectivity index (χ0n) is 16.0. The number of nitrogens with zero attached hydrogens (tertiary/aromatic N) is 2. The van der Waals surface area contributed by atoms with Gasteiger partial charge in [0.15, 0.2) is 0 Å². The Morgan fingerprint density at radius 3 is 2.43 bits per heavy atom. The van der Waals surface area contributed by atoms with Gasteiger partial charge in [-0.05, 0) is 56.3 Å². The molecular weight excluding hydrogens is 447 g/mol. The fourth-order valence-electron chi connectivity index (χ4n) is 2.90. The standard InChI is InChI=1S/C21H17Cl3N4O2/c1-12-8-14(13(2)28(12)17-5-3-4-15(22)9-17)11-25-27-21(30)20(29)26-16-6-7-18(23)19(24)10-16/h3-11H,1-2H3,(H,26,29)(H,27,30)/b25-11-. The van der Waals surface area contributed by atoms with Gasteiger partial charge >= 0.3 is 11.8 Å². The van der Waals surface area contributed by atoms with Crippen LogP contribution in [0.4, 0.5) is 5.69 Å². The summed E-state index contributed by atoms with van der Waals surface area (Å²) in [5, 5.41) is 7.56. The highest BCUT2D eigenvalue weighted by atomic mass is 35.5. The van der Waals surface area contributed by atoms with E-state index in [1.54, 1.807) is 6.07 Å². The molecule has 0 atom stereocenters. The molecular formula is C21H17Cl3N4O2. The predicted molar refractivity (Wildman–Crippen MR) is 121 cm³/mol. The molecule has 30 heavy (non-hydrogen) atoms. The van der Waals surface area contributed by atoms with Crippen molar-refractivity contribution in [1.29, 1.82) is 0 Å². The Labute approximate surface area is 188 Å². The molecule has 0 bridgehead atoms. The van der Waals surface area contributed by atoms with E-state index in [2.05, 4.69) is 15.8 Å². The highest BCUT2D eigenvalue weighted by Gasteiger charge is 2.14. The summed E-state index contributed by atoms with van der Waals surface area (Å²) in [6.45, 7) is 3.88. The van der Waals surface area contributed by atoms with E-state index in [4.69, 9.17) is 34.8 Å². The molecule has 0 spiro atoms. The van der Waals surface area contributed by atoms with Crippen LogP contribution in [0.15, 0.2) is 53.6 Å². The van der Waals surface area contributed by atoms with Crippen molar-refractivity contribution in [2.45, 2.75) is 13.8 Å². The number of anilines is 1. The van der Waals surface area contributed by atoms with E-state index in [1.165, 1.54) is 24.4 Å². The van der Waals surface area contributed by atoms with Crippen LogP contribution in [0.25, 0.3) is 5.69 Å². The molecule has 0 saturated carbocycles. The zero-order valence-corrected chi connectivity index (χ0v) is 18.3. The largest absolute Gasteiger partial charge is 0.329 e. The molecule has 3 aromatic rings. The minimum absolute atomic E-state index is 0.267. The van der Waals surface area contributed by atoms with Gasteiger partial charge in [0.1, 0.15) is 0 Å². The second kappa shape index (κ2) is 9.34. The summed E-state index contributed by atoms with van der Waals surface area (Å²) in [6, 6.07) is 13.9. The zero-order chi connectivity index (χ0) is 21.8. The molecule has 0 unspecified atom stereocenters. The highest BCUT2D eigenvalue weighted by Crippen LogP contribution is 2.25. The smallest absolute Gasteiger partial charge is 0.318 e. The lowest BCUT2D eigenvalue weighted by Crippen LogP contribution is -2.32. The van der Waals surface area contributed by atoms with Crippen LogP contribution in [0, 0.1) is 13.8 Å². The second-order valence-electron chi connectivity index (χ2n) is 6.42. The van der Waals surface area contributed by atoms with Crippen molar-refractivity contribution in [1.82, 2.24) is 9.99 Å². The van der Waals surface area contributed by atoms with E-state index in [0.717, 1.165) is 22.6 Å². The SMILES string of the molecule is Cc1cc(/C=N\NC(=O)C(=O)Nc2ccc(Cl)c(Cl)c2)c(C)n1-c1cccc(Cl)c1. The van der Waals surface area contributed by atoms with Gasteiger partial charge in [0.25, 0.3) is 0 Å². The van der Waals surface area contributed by atoms with Crippen LogP contribution in [-0.4, -0.2) is 22.6 Å². The number of aryl methyl sites for hydroxylation is 1. The molecule has 0 aliphatic heterocycles. The lowest BCUT2D eigenvalue weighted by molar-refractivity contribution is -0.136. The number of carbonyl (C=O) groups is 2. The van der Waals surface area contributed by atoms with Gasteiger partial charge in [-0.2, -0.15) is 5.10 Å². The van der Waals surface area contributed by atoms with Gasteiger partial charge in [0.05, 0.1) is 16.3 Å². The number of nitrogens with one attached hydrogen (secondary N) is 2. The molecule has 3 rings (SSSR count). The van der Waals surface area contributed by atoms with Crippen molar-refractivity contribution >= 4 is 58.5 Å². The Bertz CT molecular complexity index is 1160. The molecule has 0 saturated heterocycles. The molecule has 9 heteroatoms. The molecule has 2 amide bonds. The Balaban J connectivity index is 1.67. The van der Waals surface area contributed by atoms with Crippen molar-refractivity contribution < 1.29 is 9.59 Å². The Kier molecular flexibility index (Phi) is 6.82. The topological polar surface area (TPSA) is 75.5 Å². The number of halogens is 3. The molecule has 0 aliphatic carbocycles. The number of carbonyl (C=O) groups excluding carboxylic acids is 2. The molecule has 154 valence electrons. The number of hydrogen-bond donors (Lipinski definition) is 2. The van der Waals surface area contributed by atoms with Crippen molar-refractivity contribution in [3.63, 3.8) is 0 Å². The molecule has 0 radical (unpaired) electrons. The van der Waals surface area contributed by atoms with Crippen LogP contribution in [0.3, 0.4) is 0 Å². The fourth-order valence-corrected chi connectivity index (χ4v) is 3.39. The van der Waals surface area contributed by atoms with Crippen LogP contribution in [-0.2, 0) is 9.59 Å². The third-order valence-corrected chi connectivity index (χ3v) is 5.26. The average Bonchev–Trinajstić information content (AvgIpc) is 2.98. The first-order valence-electron chi connectivity index (χ1n) is 8.80. The number of hydrazone groups is 1. The van der Waals surface area contributed by atoms with Crippen molar-refractivity contribution in [3.05, 3.63) is 80.6 Å². The predicted octanol–water partition coefficient (Wildman–Crippen LogP) is 5.14. The van der Waals surface area contributed by atoms with Crippen molar-refractivity contribution in [2.24, 2.45) is 5.10 Å². The maximum atomic E-state index is 12.0. The molecule has 2 aromatic carbocycles. The third-order valence-electron chi connectivity index (χ3n) is 4.29. The average molecular weight is 464 g/mol. The Hall–Kier alpha value is -2.80. The fraction of sp³-hybridized carbons (Fsp3) is 0.0952. The van der Waals surface area contributed by atoms with Gasteiger partial charge in [-0.15, -0.1) is 0 Å². The normalized spacial score (nSPS) is 11.0. The van der Waals surface area contributed by atoms with Crippen molar-refractivity contribution in [3.8, 4) is 5.69 Å². The first-order valence-corrected chi connectivity index (χ1v) is 9.94. The van der Waals surface area contributed by atoms with E-state index in [1.807, 2.05) is 42.7 Å². The van der Waals surface area contributed by atoms with Gasteiger partial charge in [-0.25, -0.2) is 5.43 Å². The van der Waals surface area contributed by atoms with Crippen LogP contribution in [0.2, 0.25) is 15.1 Å². The molecule has 1 heterocycles. The van der Waals surface area contributed by atoms with Crippen LogP contribution < -0.4 is 10.7 Å². The monoisotopic (exact) mass is 462 g/mol. The number of hydrogen-bond acceptors (Lipinski definition) is 3. The lowest BCUT2D eigenvalue weighted by Gasteiger charge is -2.09. The first-order chi connectivity index (χ1) is 14.3. The van der Waals surface area contributed by atoms with E-state index in [0.29, 0.717) is 15.7 Å². The summed E-state index contributed by atoms with van der Waals surface area (Å²) in [5.41, 5.74) is 6.15. The van der Waals surface area contributed by atoms with E-state index in [-0.39, 0.29) is 5.02 Å². The molecule has 1 aromatic heterocycles.